The van der Waals surface area contributed by atoms with Crippen molar-refractivity contribution in [3.63, 3.8) is 0 Å². The Bertz CT molecular complexity index is 561. The number of allylic oxidation sites excluding steroid dienone is 1. The van der Waals surface area contributed by atoms with E-state index in [-0.39, 0.29) is 5.97 Å². The number of methoxy groups -OCH3 is 1. The van der Waals surface area contributed by atoms with E-state index in [1.807, 2.05) is 36.2 Å². The molecule has 1 N–H and O–H groups in total. The molecule has 0 spiro atoms. The Labute approximate surface area is 126 Å². The lowest BCUT2D eigenvalue weighted by Gasteiger charge is -2.42. The van der Waals surface area contributed by atoms with Crippen LogP contribution in [-0.4, -0.2) is 36.9 Å². The second-order valence-corrected chi connectivity index (χ2v) is 6.14. The summed E-state index contributed by atoms with van der Waals surface area (Å²) in [5.74, 6) is -0.341. The average Bonchev–Trinajstić information content (AvgIpc) is 2.69. The van der Waals surface area contributed by atoms with E-state index in [4.69, 9.17) is 4.74 Å². The number of fused-ring (bicyclic) bond motifs is 1. The molecule has 1 aliphatic rings. The first-order valence-electron chi connectivity index (χ1n) is 7.04. The molecule has 0 bridgehead atoms. The van der Waals surface area contributed by atoms with E-state index in [1.54, 1.807) is 19.9 Å². The molecule has 0 unspecified atom stereocenters. The summed E-state index contributed by atoms with van der Waals surface area (Å²) in [5, 5.41) is 10.7. The summed E-state index contributed by atoms with van der Waals surface area (Å²) in [6.07, 6.45) is 2.13. The van der Waals surface area contributed by atoms with E-state index in [0.29, 0.717) is 6.42 Å². The summed E-state index contributed by atoms with van der Waals surface area (Å²) >= 11 is 0. The van der Waals surface area contributed by atoms with Gasteiger partial charge in [0, 0.05) is 12.7 Å². The summed E-state index contributed by atoms with van der Waals surface area (Å²) in [6, 6.07) is 7.30. The molecular formula is C17H23NO3. The minimum absolute atomic E-state index is 0.341. The van der Waals surface area contributed by atoms with Gasteiger partial charge in [-0.05, 0) is 31.9 Å². The molecule has 0 radical (unpaired) electrons. The lowest BCUT2D eigenvalue weighted by Crippen LogP contribution is -2.59. The fourth-order valence-electron chi connectivity index (χ4n) is 3.79. The maximum absolute atomic E-state index is 12.7. The number of likely N-dealkylation sites (N-methyl/N-ethyl adjacent to an activating group) is 1. The molecule has 4 nitrogen and oxygen atoms in total. The Morgan fingerprint density at radius 2 is 2.14 bits per heavy atom. The van der Waals surface area contributed by atoms with Crippen molar-refractivity contribution in [1.82, 2.24) is 0 Å². The van der Waals surface area contributed by atoms with Crippen molar-refractivity contribution in [3.05, 3.63) is 42.5 Å². The van der Waals surface area contributed by atoms with Crippen molar-refractivity contribution >= 4 is 11.7 Å². The molecule has 0 saturated carbocycles. The predicted octanol–water partition coefficient (Wildman–Crippen LogP) is 2.26. The van der Waals surface area contributed by atoms with Gasteiger partial charge in [-0.25, -0.2) is 0 Å². The fraction of sp³-hybridized carbons (Fsp3) is 0.471. The van der Waals surface area contributed by atoms with Crippen molar-refractivity contribution in [2.75, 3.05) is 19.1 Å². The number of hydrogen-bond acceptors (Lipinski definition) is 4. The highest BCUT2D eigenvalue weighted by Gasteiger charge is 2.59. The average molecular weight is 289 g/mol. The van der Waals surface area contributed by atoms with Gasteiger partial charge in [0.2, 0.25) is 0 Å². The van der Waals surface area contributed by atoms with Gasteiger partial charge in [-0.15, -0.1) is 6.58 Å². The summed E-state index contributed by atoms with van der Waals surface area (Å²) in [4.78, 5) is 14.7. The van der Waals surface area contributed by atoms with Crippen LogP contribution >= 0.6 is 0 Å². The van der Waals surface area contributed by atoms with E-state index in [9.17, 15) is 9.90 Å². The standard InChI is InChI=1S/C17H23NO3/c1-6-11-17(15(19)21-5)12-9-7-8-10-13(12)18(4)14(17)16(2,3)20/h6-10,14,20H,1,11H2,2-5H3/t14-,17-/m0/s1. The largest absolute Gasteiger partial charge is 0.468 e. The third kappa shape index (κ3) is 2.14. The lowest BCUT2D eigenvalue weighted by atomic mass is 9.69. The SMILES string of the molecule is C=CC[C@]1(C(=O)OC)c2ccccc2N(C)[C@H]1C(C)(C)O. The van der Waals surface area contributed by atoms with Crippen molar-refractivity contribution in [1.29, 1.82) is 0 Å². The van der Waals surface area contributed by atoms with Crippen LogP contribution in [0.15, 0.2) is 36.9 Å². The number of hydrogen-bond donors (Lipinski definition) is 1. The first-order chi connectivity index (χ1) is 9.80. The number of benzene rings is 1. The summed E-state index contributed by atoms with van der Waals surface area (Å²) in [5.41, 5.74) is -0.200. The van der Waals surface area contributed by atoms with Gasteiger partial charge < -0.3 is 14.7 Å². The molecule has 0 fully saturated rings. The van der Waals surface area contributed by atoms with Crippen LogP contribution in [0, 0.1) is 0 Å². The van der Waals surface area contributed by atoms with Crippen molar-refractivity contribution in [2.24, 2.45) is 0 Å². The van der Waals surface area contributed by atoms with Gasteiger partial charge in [0.05, 0.1) is 18.8 Å². The Hall–Kier alpha value is -1.81. The summed E-state index contributed by atoms with van der Waals surface area (Å²) < 4.78 is 5.10. The molecule has 114 valence electrons. The quantitative estimate of drug-likeness (QED) is 0.682. The molecule has 0 aliphatic carbocycles. The number of nitrogens with zero attached hydrogens (tertiary/aromatic N) is 1. The van der Waals surface area contributed by atoms with Crippen LogP contribution in [0.2, 0.25) is 0 Å². The molecule has 21 heavy (non-hydrogen) atoms. The van der Waals surface area contributed by atoms with Gasteiger partial charge in [0.25, 0.3) is 0 Å². The van der Waals surface area contributed by atoms with Gasteiger partial charge in [0.15, 0.2) is 0 Å². The highest BCUT2D eigenvalue weighted by atomic mass is 16.5. The van der Waals surface area contributed by atoms with Crippen LogP contribution in [0.4, 0.5) is 5.69 Å². The fourth-order valence-corrected chi connectivity index (χ4v) is 3.79. The van der Waals surface area contributed by atoms with Gasteiger partial charge in [-0.1, -0.05) is 24.3 Å². The number of esters is 1. The minimum Gasteiger partial charge on any atom is -0.468 e. The Kier molecular flexibility index (Phi) is 3.85. The number of carbonyl (C=O) groups excluding carboxylic acids is 1. The number of rotatable bonds is 4. The van der Waals surface area contributed by atoms with E-state index in [0.717, 1.165) is 11.3 Å². The normalized spacial score (nSPS) is 24.6. The Morgan fingerprint density at radius 3 is 2.67 bits per heavy atom. The number of para-hydroxylation sites is 1. The molecule has 1 aromatic rings. The Morgan fingerprint density at radius 1 is 1.52 bits per heavy atom. The molecule has 1 aliphatic heterocycles. The van der Waals surface area contributed by atoms with Crippen LogP contribution in [0.3, 0.4) is 0 Å². The number of ether oxygens (including phenoxy) is 1. The molecule has 2 atom stereocenters. The topological polar surface area (TPSA) is 49.8 Å². The smallest absolute Gasteiger partial charge is 0.318 e. The van der Waals surface area contributed by atoms with E-state index in [2.05, 4.69) is 6.58 Å². The van der Waals surface area contributed by atoms with E-state index in [1.165, 1.54) is 7.11 Å². The number of anilines is 1. The molecule has 2 rings (SSSR count). The molecule has 4 heteroatoms. The molecular weight excluding hydrogens is 266 g/mol. The number of aliphatic hydroxyl groups is 1. The summed E-state index contributed by atoms with van der Waals surface area (Å²) in [7, 11) is 3.28. The third-order valence-corrected chi connectivity index (χ3v) is 4.30. The number of carbonyl (C=O) groups is 1. The maximum Gasteiger partial charge on any atom is 0.318 e. The first kappa shape index (κ1) is 15.6. The van der Waals surface area contributed by atoms with E-state index >= 15 is 0 Å². The predicted molar refractivity (Wildman–Crippen MR) is 83.4 cm³/mol. The Balaban J connectivity index is 2.77. The van der Waals surface area contributed by atoms with Crippen molar-refractivity contribution in [3.8, 4) is 0 Å². The highest BCUT2D eigenvalue weighted by Crippen LogP contribution is 2.50. The second kappa shape index (κ2) is 5.19. The monoisotopic (exact) mass is 289 g/mol. The molecule has 0 amide bonds. The van der Waals surface area contributed by atoms with Gasteiger partial charge in [-0.3, -0.25) is 4.79 Å². The summed E-state index contributed by atoms with van der Waals surface area (Å²) in [6.45, 7) is 7.24. The van der Waals surface area contributed by atoms with Crippen molar-refractivity contribution < 1.29 is 14.6 Å². The third-order valence-electron chi connectivity index (χ3n) is 4.30. The maximum atomic E-state index is 12.7. The van der Waals surface area contributed by atoms with Crippen LogP contribution in [0.5, 0.6) is 0 Å². The first-order valence-corrected chi connectivity index (χ1v) is 7.04. The molecule has 0 saturated heterocycles. The van der Waals surface area contributed by atoms with Gasteiger partial charge in [-0.2, -0.15) is 0 Å². The van der Waals surface area contributed by atoms with E-state index < -0.39 is 17.1 Å². The van der Waals surface area contributed by atoms with Crippen LogP contribution in [-0.2, 0) is 14.9 Å². The van der Waals surface area contributed by atoms with Crippen LogP contribution in [0.25, 0.3) is 0 Å². The molecule has 1 aromatic carbocycles. The molecule has 1 heterocycles. The van der Waals surface area contributed by atoms with Gasteiger partial charge >= 0.3 is 5.97 Å². The lowest BCUT2D eigenvalue weighted by molar-refractivity contribution is -0.151. The van der Waals surface area contributed by atoms with Gasteiger partial charge in [0.1, 0.15) is 5.41 Å². The van der Waals surface area contributed by atoms with Crippen LogP contribution in [0.1, 0.15) is 25.8 Å². The highest BCUT2D eigenvalue weighted by molar-refractivity contribution is 5.91. The molecule has 0 aromatic heterocycles. The minimum atomic E-state index is -1.08. The zero-order valence-electron chi connectivity index (χ0n) is 13.1. The second-order valence-electron chi connectivity index (χ2n) is 6.14. The zero-order chi connectivity index (χ0) is 15.8. The van der Waals surface area contributed by atoms with Crippen LogP contribution < -0.4 is 4.90 Å². The zero-order valence-corrected chi connectivity index (χ0v) is 13.1. The van der Waals surface area contributed by atoms with Crippen molar-refractivity contribution in [2.45, 2.75) is 37.3 Å².